The number of aryl methyl sites for hydroxylation is 1. The zero-order valence-electron chi connectivity index (χ0n) is 20.5. The third-order valence-corrected chi connectivity index (χ3v) is 6.23. The number of methoxy groups -OCH3 is 1. The van der Waals surface area contributed by atoms with Crippen LogP contribution in [-0.2, 0) is 20.9 Å². The van der Waals surface area contributed by atoms with E-state index in [0.717, 1.165) is 5.56 Å². The number of nitrogens with one attached hydrogen (secondary N) is 2. The maximum absolute atomic E-state index is 14.0. The Morgan fingerprint density at radius 3 is 2.58 bits per heavy atom. The number of carbonyl (C=O) groups is 3. The van der Waals surface area contributed by atoms with Crippen LogP contribution >= 0.6 is 0 Å². The van der Waals surface area contributed by atoms with E-state index in [4.69, 9.17) is 9.47 Å². The normalized spacial score (nSPS) is 16.9. The highest BCUT2D eigenvalue weighted by atomic mass is 16.5. The summed E-state index contributed by atoms with van der Waals surface area (Å²) in [6.07, 6.45) is 3.46. The van der Waals surface area contributed by atoms with E-state index in [-0.39, 0.29) is 30.0 Å². The second-order valence-corrected chi connectivity index (χ2v) is 8.41. The van der Waals surface area contributed by atoms with Gasteiger partial charge in [0.15, 0.2) is 12.4 Å². The van der Waals surface area contributed by atoms with Crippen LogP contribution in [-0.4, -0.2) is 41.3 Å². The van der Waals surface area contributed by atoms with Crippen molar-refractivity contribution in [2.45, 2.75) is 33.4 Å². The molecule has 1 amide bonds. The number of nitrogens with zero attached hydrogens (tertiary/aromatic N) is 1. The Bertz CT molecular complexity index is 1360. The van der Waals surface area contributed by atoms with Crippen LogP contribution in [0.2, 0.25) is 0 Å². The minimum atomic E-state index is -0.978. The van der Waals surface area contributed by atoms with Crippen LogP contribution in [0.25, 0.3) is 5.76 Å². The van der Waals surface area contributed by atoms with Crippen LogP contribution in [0.1, 0.15) is 51.4 Å². The van der Waals surface area contributed by atoms with Gasteiger partial charge in [0.05, 0.1) is 26.3 Å². The maximum Gasteiger partial charge on any atom is 0.355 e. The summed E-state index contributed by atoms with van der Waals surface area (Å²) in [7, 11) is 1.49. The molecular weight excluding hydrogens is 462 g/mol. The summed E-state index contributed by atoms with van der Waals surface area (Å²) < 4.78 is 10.6. The van der Waals surface area contributed by atoms with E-state index in [2.05, 4.69) is 9.97 Å². The fourth-order valence-corrected chi connectivity index (χ4v) is 4.61. The molecule has 186 valence electrons. The number of para-hydroxylation sites is 1. The molecule has 1 saturated heterocycles. The number of benzene rings is 1. The van der Waals surface area contributed by atoms with Gasteiger partial charge in [-0.05, 0) is 44.0 Å². The fraction of sp³-hybridized carbons (Fsp3) is 0.259. The Kier molecular flexibility index (Phi) is 6.91. The predicted molar refractivity (Wildman–Crippen MR) is 127 cm³/mol. The summed E-state index contributed by atoms with van der Waals surface area (Å²) in [6, 6.07) is 9.60. The summed E-state index contributed by atoms with van der Waals surface area (Å²) in [6.45, 7) is 5.21. The van der Waals surface area contributed by atoms with Gasteiger partial charge in [-0.2, -0.15) is 0 Å². The number of ketones is 1. The zero-order chi connectivity index (χ0) is 26.0. The molecule has 1 unspecified atom stereocenters. The van der Waals surface area contributed by atoms with Crippen molar-refractivity contribution in [2.75, 3.05) is 13.7 Å². The lowest BCUT2D eigenvalue weighted by Crippen LogP contribution is -2.29. The number of ether oxygens (including phenoxy) is 2. The van der Waals surface area contributed by atoms with Crippen LogP contribution in [0, 0.1) is 13.8 Å². The molecule has 1 aromatic carbocycles. The number of carbonyl (C=O) groups excluding carboxylic acids is 3. The Morgan fingerprint density at radius 2 is 1.92 bits per heavy atom. The minimum Gasteiger partial charge on any atom is -0.872 e. The number of amides is 1. The van der Waals surface area contributed by atoms with E-state index in [0.29, 0.717) is 22.6 Å². The lowest BCUT2D eigenvalue weighted by molar-refractivity contribution is -0.378. The third-order valence-electron chi connectivity index (χ3n) is 6.23. The molecular formula is C27H27N3O6. The van der Waals surface area contributed by atoms with Gasteiger partial charge in [0.1, 0.15) is 11.4 Å². The predicted octanol–water partition coefficient (Wildman–Crippen LogP) is 2.06. The molecule has 2 aromatic heterocycles. The van der Waals surface area contributed by atoms with Crippen molar-refractivity contribution < 1.29 is 33.9 Å². The second-order valence-electron chi connectivity index (χ2n) is 8.41. The molecule has 9 heteroatoms. The number of hydrogen-bond donors (Lipinski definition) is 1. The number of hydrogen-bond acceptors (Lipinski definition) is 6. The summed E-state index contributed by atoms with van der Waals surface area (Å²) >= 11 is 0. The SMILES string of the molecule is CCOC(=O)c1[nH]c(C)c(/C([O-])=C2\C(=O)C(=O)N(Cc3ccc[nH+]c3)C2c2ccccc2OC)c1C. The topological polar surface area (TPSA) is 126 Å². The van der Waals surface area contributed by atoms with E-state index in [1.807, 2.05) is 6.07 Å². The van der Waals surface area contributed by atoms with E-state index in [1.54, 1.807) is 63.5 Å². The standard InChI is InChI=1S/C27H27N3O6/c1-5-36-27(34)22-15(2)20(16(3)29-22)24(31)21-23(18-10-6-7-11-19(18)35-4)30(26(33)25(21)32)14-17-9-8-12-28-13-17/h6-13,23,29,31H,5,14H2,1-4H3/b24-21+. The van der Waals surface area contributed by atoms with Crippen molar-refractivity contribution in [3.05, 3.63) is 88.0 Å². The van der Waals surface area contributed by atoms with Gasteiger partial charge in [0.2, 0.25) is 5.78 Å². The first-order chi connectivity index (χ1) is 17.3. The molecule has 1 fully saturated rings. The Morgan fingerprint density at radius 1 is 1.17 bits per heavy atom. The number of H-pyrrole nitrogens is 2. The van der Waals surface area contributed by atoms with Crippen molar-refractivity contribution >= 4 is 23.4 Å². The van der Waals surface area contributed by atoms with Gasteiger partial charge in [-0.1, -0.05) is 24.0 Å². The highest BCUT2D eigenvalue weighted by molar-refractivity contribution is 6.46. The van der Waals surface area contributed by atoms with Gasteiger partial charge in [0, 0.05) is 28.5 Å². The van der Waals surface area contributed by atoms with E-state index in [9.17, 15) is 19.5 Å². The number of pyridine rings is 1. The molecule has 3 heterocycles. The Hall–Kier alpha value is -4.40. The third kappa shape index (κ3) is 4.24. The molecule has 4 rings (SSSR count). The molecule has 2 N–H and O–H groups in total. The van der Waals surface area contributed by atoms with Gasteiger partial charge < -0.3 is 24.5 Å². The van der Waals surface area contributed by atoms with Gasteiger partial charge in [-0.25, -0.2) is 9.78 Å². The first-order valence-electron chi connectivity index (χ1n) is 11.5. The van der Waals surface area contributed by atoms with Crippen molar-refractivity contribution in [3.63, 3.8) is 0 Å². The molecule has 0 aliphatic carbocycles. The molecule has 9 nitrogen and oxygen atoms in total. The molecule has 1 aliphatic rings. The lowest BCUT2D eigenvalue weighted by Gasteiger charge is -2.28. The summed E-state index contributed by atoms with van der Waals surface area (Å²) in [4.78, 5) is 46.3. The average Bonchev–Trinajstić information content (AvgIpc) is 3.31. The van der Waals surface area contributed by atoms with Gasteiger partial charge in [-0.3, -0.25) is 9.59 Å². The molecule has 1 atom stereocenters. The monoisotopic (exact) mass is 489 g/mol. The van der Waals surface area contributed by atoms with Crippen LogP contribution in [0.3, 0.4) is 0 Å². The van der Waals surface area contributed by atoms with Crippen molar-refractivity contribution in [1.82, 2.24) is 9.88 Å². The van der Waals surface area contributed by atoms with E-state index >= 15 is 0 Å². The van der Waals surface area contributed by atoms with Crippen molar-refractivity contribution in [2.24, 2.45) is 0 Å². The van der Waals surface area contributed by atoms with E-state index in [1.165, 1.54) is 12.0 Å². The van der Waals surface area contributed by atoms with Crippen LogP contribution in [0.4, 0.5) is 0 Å². The lowest BCUT2D eigenvalue weighted by atomic mass is 9.93. The number of Topliss-reactive ketones (excluding diaryl/α,β-unsaturated/α-hetero) is 1. The highest BCUT2D eigenvalue weighted by Gasteiger charge is 2.45. The largest absolute Gasteiger partial charge is 0.872 e. The van der Waals surface area contributed by atoms with Crippen LogP contribution in [0.15, 0.2) is 54.4 Å². The maximum atomic E-state index is 14.0. The molecule has 0 bridgehead atoms. The number of rotatable bonds is 7. The number of esters is 1. The first kappa shape index (κ1) is 24.7. The molecule has 0 radical (unpaired) electrons. The van der Waals surface area contributed by atoms with Gasteiger partial charge in [-0.15, -0.1) is 0 Å². The number of aromatic amines is 2. The van der Waals surface area contributed by atoms with Crippen LogP contribution < -0.4 is 14.8 Å². The van der Waals surface area contributed by atoms with Crippen molar-refractivity contribution in [1.29, 1.82) is 0 Å². The van der Waals surface area contributed by atoms with Gasteiger partial charge >= 0.3 is 5.97 Å². The zero-order valence-corrected chi connectivity index (χ0v) is 20.5. The molecule has 0 saturated carbocycles. The molecule has 1 aliphatic heterocycles. The Balaban J connectivity index is 1.93. The fourth-order valence-electron chi connectivity index (χ4n) is 4.61. The van der Waals surface area contributed by atoms with E-state index < -0.39 is 29.5 Å². The second kappa shape index (κ2) is 10.1. The minimum absolute atomic E-state index is 0.0978. The smallest absolute Gasteiger partial charge is 0.355 e. The summed E-state index contributed by atoms with van der Waals surface area (Å²) in [5.41, 5.74) is 2.15. The number of likely N-dealkylation sites (tertiary alicyclic amines) is 1. The summed E-state index contributed by atoms with van der Waals surface area (Å²) in [5, 5.41) is 14.0. The quantitative estimate of drug-likeness (QED) is 0.234. The first-order valence-corrected chi connectivity index (χ1v) is 11.5. The number of aromatic nitrogens is 2. The molecule has 36 heavy (non-hydrogen) atoms. The average molecular weight is 490 g/mol. The summed E-state index contributed by atoms with van der Waals surface area (Å²) in [5.74, 6) is -2.44. The molecule has 0 spiro atoms. The highest BCUT2D eigenvalue weighted by Crippen LogP contribution is 2.43. The van der Waals surface area contributed by atoms with Crippen molar-refractivity contribution in [3.8, 4) is 5.75 Å². The molecule has 3 aromatic rings. The van der Waals surface area contributed by atoms with Gasteiger partial charge in [0.25, 0.3) is 5.91 Å². The Labute approximate surface area is 208 Å². The van der Waals surface area contributed by atoms with Crippen LogP contribution in [0.5, 0.6) is 5.75 Å².